The molecule has 0 spiro atoms. The van der Waals surface area contributed by atoms with Crippen LogP contribution in [0.25, 0.3) is 0 Å². The number of amides is 2. The minimum atomic E-state index is -4.52. The summed E-state index contributed by atoms with van der Waals surface area (Å²) in [6, 6.07) is 2.43. The van der Waals surface area contributed by atoms with E-state index in [0.717, 1.165) is 12.1 Å². The standard InChI is InChI=1S/C15H12F3N3O2S/c16-15(17,18)9-3-1-2-8(6-9)12-14(23)20-10(13(22)21-12)7-11-19-4-5-24-11/h1-6,10,12H,7H2,(H,20,23)(H,21,22). The zero-order valence-corrected chi connectivity index (χ0v) is 12.9. The Morgan fingerprint density at radius 1 is 1.17 bits per heavy atom. The van der Waals surface area contributed by atoms with Crippen molar-refractivity contribution in [1.82, 2.24) is 15.6 Å². The van der Waals surface area contributed by atoms with Gasteiger partial charge in [0, 0.05) is 18.0 Å². The van der Waals surface area contributed by atoms with Crippen molar-refractivity contribution in [3.05, 3.63) is 52.0 Å². The fraction of sp³-hybridized carbons (Fsp3) is 0.267. The number of benzene rings is 1. The van der Waals surface area contributed by atoms with Gasteiger partial charge in [-0.2, -0.15) is 13.2 Å². The summed E-state index contributed by atoms with van der Waals surface area (Å²) in [5.41, 5.74) is -0.782. The third kappa shape index (κ3) is 3.40. The third-order valence-corrected chi connectivity index (χ3v) is 4.39. The Bertz CT molecular complexity index is 762. The Kier molecular flexibility index (Phi) is 4.27. The van der Waals surface area contributed by atoms with Gasteiger partial charge in [-0.15, -0.1) is 11.3 Å². The first kappa shape index (κ1) is 16.4. The molecule has 9 heteroatoms. The molecule has 2 aromatic rings. The van der Waals surface area contributed by atoms with Crippen molar-refractivity contribution in [1.29, 1.82) is 0 Å². The normalized spacial score (nSPS) is 21.3. The second kappa shape index (κ2) is 6.23. The van der Waals surface area contributed by atoms with E-state index in [9.17, 15) is 22.8 Å². The van der Waals surface area contributed by atoms with Gasteiger partial charge in [0.2, 0.25) is 11.8 Å². The number of carbonyl (C=O) groups excluding carboxylic acids is 2. The first-order chi connectivity index (χ1) is 11.3. The van der Waals surface area contributed by atoms with Gasteiger partial charge in [-0.3, -0.25) is 9.59 Å². The molecule has 2 N–H and O–H groups in total. The van der Waals surface area contributed by atoms with E-state index in [1.54, 1.807) is 11.6 Å². The molecule has 2 heterocycles. The van der Waals surface area contributed by atoms with Crippen molar-refractivity contribution in [3.63, 3.8) is 0 Å². The van der Waals surface area contributed by atoms with Crippen LogP contribution in [0.1, 0.15) is 22.2 Å². The minimum absolute atomic E-state index is 0.0865. The SMILES string of the molecule is O=C1NC(c2cccc(C(F)(F)F)c2)C(=O)NC1Cc1nccs1. The van der Waals surface area contributed by atoms with Gasteiger partial charge in [0.15, 0.2) is 0 Å². The molecule has 1 saturated heterocycles. The first-order valence-corrected chi connectivity index (χ1v) is 7.89. The van der Waals surface area contributed by atoms with E-state index in [0.29, 0.717) is 5.01 Å². The molecule has 1 aliphatic heterocycles. The van der Waals surface area contributed by atoms with E-state index in [4.69, 9.17) is 0 Å². The minimum Gasteiger partial charge on any atom is -0.342 e. The fourth-order valence-corrected chi connectivity index (χ4v) is 3.09. The Morgan fingerprint density at radius 3 is 2.62 bits per heavy atom. The van der Waals surface area contributed by atoms with Crippen LogP contribution in [0.5, 0.6) is 0 Å². The van der Waals surface area contributed by atoms with Gasteiger partial charge in [0.25, 0.3) is 0 Å². The van der Waals surface area contributed by atoms with Crippen molar-refractivity contribution in [2.75, 3.05) is 0 Å². The van der Waals surface area contributed by atoms with Crippen molar-refractivity contribution >= 4 is 23.2 Å². The molecule has 1 aromatic carbocycles. The van der Waals surface area contributed by atoms with Crippen molar-refractivity contribution < 1.29 is 22.8 Å². The molecule has 1 aliphatic rings. The number of halogens is 3. The lowest BCUT2D eigenvalue weighted by atomic mass is 9.99. The van der Waals surface area contributed by atoms with Gasteiger partial charge in [-0.05, 0) is 17.7 Å². The van der Waals surface area contributed by atoms with Crippen LogP contribution >= 0.6 is 11.3 Å². The van der Waals surface area contributed by atoms with Crippen LogP contribution in [0.15, 0.2) is 35.8 Å². The molecule has 1 fully saturated rings. The summed E-state index contributed by atoms with van der Waals surface area (Å²) < 4.78 is 38.4. The van der Waals surface area contributed by atoms with E-state index in [2.05, 4.69) is 15.6 Å². The van der Waals surface area contributed by atoms with E-state index >= 15 is 0 Å². The van der Waals surface area contributed by atoms with Crippen molar-refractivity contribution in [3.8, 4) is 0 Å². The lowest BCUT2D eigenvalue weighted by Gasteiger charge is -2.29. The molecule has 0 radical (unpaired) electrons. The van der Waals surface area contributed by atoms with Crippen LogP contribution in [0.3, 0.4) is 0 Å². The number of nitrogens with zero attached hydrogens (tertiary/aromatic N) is 1. The topological polar surface area (TPSA) is 71.1 Å². The molecule has 1 aromatic heterocycles. The summed E-state index contributed by atoms with van der Waals surface area (Å²) >= 11 is 1.35. The molecule has 5 nitrogen and oxygen atoms in total. The third-order valence-electron chi connectivity index (χ3n) is 3.59. The Morgan fingerprint density at radius 2 is 1.96 bits per heavy atom. The second-order valence-electron chi connectivity index (χ2n) is 5.26. The Hall–Kier alpha value is -2.42. The predicted molar refractivity (Wildman–Crippen MR) is 80.1 cm³/mol. The summed E-state index contributed by atoms with van der Waals surface area (Å²) in [6.45, 7) is 0. The van der Waals surface area contributed by atoms with E-state index < -0.39 is 35.6 Å². The molecule has 24 heavy (non-hydrogen) atoms. The van der Waals surface area contributed by atoms with E-state index in [1.807, 2.05) is 0 Å². The van der Waals surface area contributed by atoms with Gasteiger partial charge in [0.1, 0.15) is 12.1 Å². The highest BCUT2D eigenvalue weighted by atomic mass is 32.1. The van der Waals surface area contributed by atoms with Crippen LogP contribution in [0.4, 0.5) is 13.2 Å². The molecule has 2 unspecified atom stereocenters. The number of alkyl halides is 3. The summed E-state index contributed by atoms with van der Waals surface area (Å²) in [4.78, 5) is 28.4. The maximum Gasteiger partial charge on any atom is 0.416 e. The summed E-state index contributed by atoms with van der Waals surface area (Å²) in [7, 11) is 0. The number of carbonyl (C=O) groups is 2. The molecule has 3 rings (SSSR count). The molecule has 2 atom stereocenters. The van der Waals surface area contributed by atoms with Crippen molar-refractivity contribution in [2.45, 2.75) is 24.7 Å². The maximum atomic E-state index is 12.8. The van der Waals surface area contributed by atoms with Gasteiger partial charge in [0.05, 0.1) is 10.6 Å². The lowest BCUT2D eigenvalue weighted by Crippen LogP contribution is -2.58. The number of thiazole rings is 1. The second-order valence-corrected chi connectivity index (χ2v) is 6.24. The largest absolute Gasteiger partial charge is 0.416 e. The molecule has 0 bridgehead atoms. The summed E-state index contributed by atoms with van der Waals surface area (Å²) in [5.74, 6) is -0.998. The maximum absolute atomic E-state index is 12.8. The smallest absolute Gasteiger partial charge is 0.342 e. The quantitative estimate of drug-likeness (QED) is 0.885. The monoisotopic (exact) mass is 355 g/mol. The summed E-state index contributed by atoms with van der Waals surface area (Å²) in [5, 5.41) is 7.47. The molecular formula is C15H12F3N3O2S. The van der Waals surface area contributed by atoms with Crippen LogP contribution < -0.4 is 10.6 Å². The van der Waals surface area contributed by atoms with Gasteiger partial charge >= 0.3 is 6.18 Å². The fourth-order valence-electron chi connectivity index (χ4n) is 2.43. The number of nitrogens with one attached hydrogen (secondary N) is 2. The van der Waals surface area contributed by atoms with Crippen LogP contribution in [0, 0.1) is 0 Å². The van der Waals surface area contributed by atoms with Gasteiger partial charge in [-0.1, -0.05) is 12.1 Å². The highest BCUT2D eigenvalue weighted by Gasteiger charge is 2.36. The number of rotatable bonds is 3. The molecule has 2 amide bonds. The number of piperazine rings is 1. The first-order valence-electron chi connectivity index (χ1n) is 7.01. The zero-order chi connectivity index (χ0) is 17.3. The number of hydrogen-bond donors (Lipinski definition) is 2. The van der Waals surface area contributed by atoms with Crippen LogP contribution in [-0.2, 0) is 22.2 Å². The number of aromatic nitrogens is 1. The lowest BCUT2D eigenvalue weighted by molar-refractivity contribution is -0.138. The highest BCUT2D eigenvalue weighted by Crippen LogP contribution is 2.31. The van der Waals surface area contributed by atoms with Crippen LogP contribution in [0.2, 0.25) is 0 Å². The Labute approximate surface area is 138 Å². The Balaban J connectivity index is 1.77. The predicted octanol–water partition coefficient (Wildman–Crippen LogP) is 2.06. The molecule has 0 aliphatic carbocycles. The van der Waals surface area contributed by atoms with Gasteiger partial charge < -0.3 is 10.6 Å². The van der Waals surface area contributed by atoms with Crippen molar-refractivity contribution in [2.24, 2.45) is 0 Å². The number of hydrogen-bond acceptors (Lipinski definition) is 4. The van der Waals surface area contributed by atoms with Gasteiger partial charge in [-0.25, -0.2) is 4.98 Å². The van der Waals surface area contributed by atoms with E-state index in [-0.39, 0.29) is 12.0 Å². The van der Waals surface area contributed by atoms with Crippen LogP contribution in [-0.4, -0.2) is 22.8 Å². The average Bonchev–Trinajstić information content (AvgIpc) is 3.03. The summed E-state index contributed by atoms with van der Waals surface area (Å²) in [6.07, 6.45) is -2.68. The van der Waals surface area contributed by atoms with E-state index in [1.165, 1.54) is 23.5 Å². The molecular weight excluding hydrogens is 343 g/mol. The molecule has 126 valence electrons. The average molecular weight is 355 g/mol. The highest BCUT2D eigenvalue weighted by molar-refractivity contribution is 7.09. The molecule has 0 saturated carbocycles. The zero-order valence-electron chi connectivity index (χ0n) is 12.1.